The second kappa shape index (κ2) is 5.85. The van der Waals surface area contributed by atoms with Crippen LogP contribution in [0.5, 0.6) is 0 Å². The summed E-state index contributed by atoms with van der Waals surface area (Å²) in [4.78, 5) is 14.9. The molecule has 2 atom stereocenters. The number of nitrogens with two attached hydrogens (primary N) is 1. The zero-order chi connectivity index (χ0) is 16.7. The molecule has 1 aliphatic heterocycles. The van der Waals surface area contributed by atoms with E-state index >= 15 is 0 Å². The normalized spacial score (nSPS) is 21.2. The number of hydrogen-bond acceptors (Lipinski definition) is 4. The van der Waals surface area contributed by atoms with Gasteiger partial charge in [-0.2, -0.15) is 0 Å². The van der Waals surface area contributed by atoms with E-state index < -0.39 is 0 Å². The topological polar surface area (TPSA) is 77.3 Å². The fourth-order valence-electron chi connectivity index (χ4n) is 3.54. The molecule has 1 amide bonds. The van der Waals surface area contributed by atoms with Gasteiger partial charge in [0.25, 0.3) is 5.91 Å². The Kier molecular flexibility index (Phi) is 4.02. The summed E-state index contributed by atoms with van der Waals surface area (Å²) in [5.74, 6) is 1.94. The van der Waals surface area contributed by atoms with Crippen LogP contribution in [-0.2, 0) is 0 Å². The van der Waals surface area contributed by atoms with Crippen LogP contribution in [0.15, 0.2) is 16.7 Å². The van der Waals surface area contributed by atoms with Gasteiger partial charge in [0.05, 0.1) is 5.56 Å². The van der Waals surface area contributed by atoms with Crippen molar-refractivity contribution < 1.29 is 9.32 Å². The lowest BCUT2D eigenvalue weighted by Crippen LogP contribution is -2.34. The molecule has 2 aromatic rings. The van der Waals surface area contributed by atoms with Crippen LogP contribution >= 0.6 is 0 Å². The molecule has 3 rings (SSSR count). The molecule has 6 heteroatoms. The van der Waals surface area contributed by atoms with Crippen LogP contribution in [0.1, 0.15) is 40.9 Å². The Morgan fingerprint density at radius 3 is 2.70 bits per heavy atom. The first-order chi connectivity index (χ1) is 10.9. The maximum atomic E-state index is 13.0. The van der Waals surface area contributed by atoms with Gasteiger partial charge < -0.3 is 15.2 Å². The zero-order valence-electron chi connectivity index (χ0n) is 14.2. The molecule has 0 radical (unpaired) electrons. The molecule has 1 aliphatic rings. The van der Waals surface area contributed by atoms with Gasteiger partial charge in [-0.25, -0.2) is 0 Å². The molecule has 0 bridgehead atoms. The van der Waals surface area contributed by atoms with E-state index in [4.69, 9.17) is 10.3 Å². The first-order valence-corrected chi connectivity index (χ1v) is 8.06. The number of carbonyl (C=O) groups excluding carboxylic acids is 1. The van der Waals surface area contributed by atoms with Gasteiger partial charge in [-0.1, -0.05) is 5.16 Å². The van der Waals surface area contributed by atoms with Crippen molar-refractivity contribution in [1.82, 2.24) is 14.6 Å². The summed E-state index contributed by atoms with van der Waals surface area (Å²) in [5, 5.41) is 4.06. The largest absolute Gasteiger partial charge is 0.360 e. The highest BCUT2D eigenvalue weighted by Crippen LogP contribution is 2.27. The number of likely N-dealkylation sites (tertiary alicyclic amines) is 1. The van der Waals surface area contributed by atoms with Crippen LogP contribution in [0.2, 0.25) is 0 Å². The van der Waals surface area contributed by atoms with E-state index in [2.05, 4.69) is 12.1 Å². The summed E-state index contributed by atoms with van der Waals surface area (Å²) < 4.78 is 7.13. The minimum atomic E-state index is 0.0769. The van der Waals surface area contributed by atoms with E-state index in [0.29, 0.717) is 18.3 Å². The van der Waals surface area contributed by atoms with E-state index in [1.165, 1.54) is 0 Å². The Labute approximate surface area is 136 Å². The maximum Gasteiger partial charge on any atom is 0.255 e. The highest BCUT2D eigenvalue weighted by molar-refractivity contribution is 5.96. The van der Waals surface area contributed by atoms with Crippen molar-refractivity contribution in [3.63, 3.8) is 0 Å². The molecule has 6 nitrogen and oxygen atoms in total. The minimum Gasteiger partial charge on any atom is -0.360 e. The average molecular weight is 316 g/mol. The second-order valence-electron chi connectivity index (χ2n) is 6.56. The molecule has 2 aromatic heterocycles. The Balaban J connectivity index is 1.94. The smallest absolute Gasteiger partial charge is 0.255 e. The van der Waals surface area contributed by atoms with Crippen molar-refractivity contribution in [2.24, 2.45) is 11.7 Å². The fourth-order valence-corrected chi connectivity index (χ4v) is 3.54. The van der Waals surface area contributed by atoms with Gasteiger partial charge in [-0.05, 0) is 52.6 Å². The number of aryl methyl sites for hydroxylation is 2. The second-order valence-corrected chi connectivity index (χ2v) is 6.56. The van der Waals surface area contributed by atoms with Crippen LogP contribution < -0.4 is 5.73 Å². The summed E-state index contributed by atoms with van der Waals surface area (Å²) in [6, 6.07) is 4.04. The SMILES string of the molecule is Cc1cc(-n2c(C)cc(C(=O)N3CC(CN)CC3C)c2C)no1. The Hall–Kier alpha value is -2.08. The first kappa shape index (κ1) is 15.8. The van der Waals surface area contributed by atoms with Crippen molar-refractivity contribution in [2.45, 2.75) is 40.2 Å². The molecule has 0 aromatic carbocycles. The van der Waals surface area contributed by atoms with Gasteiger partial charge in [-0.15, -0.1) is 0 Å². The van der Waals surface area contributed by atoms with Gasteiger partial charge in [-0.3, -0.25) is 9.36 Å². The number of rotatable bonds is 3. The lowest BCUT2D eigenvalue weighted by molar-refractivity contribution is 0.0742. The third-order valence-electron chi connectivity index (χ3n) is 4.76. The van der Waals surface area contributed by atoms with Crippen molar-refractivity contribution in [2.75, 3.05) is 13.1 Å². The lowest BCUT2D eigenvalue weighted by atomic mass is 10.1. The summed E-state index contributed by atoms with van der Waals surface area (Å²) in [5.41, 5.74) is 8.37. The molecular weight excluding hydrogens is 292 g/mol. The monoisotopic (exact) mass is 316 g/mol. The molecule has 0 spiro atoms. The predicted molar refractivity (Wildman–Crippen MR) is 87.7 cm³/mol. The minimum absolute atomic E-state index is 0.0769. The Bertz CT molecular complexity index is 731. The molecule has 124 valence electrons. The first-order valence-electron chi connectivity index (χ1n) is 8.06. The van der Waals surface area contributed by atoms with Crippen molar-refractivity contribution in [1.29, 1.82) is 0 Å². The molecule has 23 heavy (non-hydrogen) atoms. The number of nitrogens with zero attached hydrogens (tertiary/aromatic N) is 3. The van der Waals surface area contributed by atoms with Crippen molar-refractivity contribution >= 4 is 5.91 Å². The van der Waals surface area contributed by atoms with E-state index in [9.17, 15) is 4.79 Å². The predicted octanol–water partition coefficient (Wildman–Crippen LogP) is 2.20. The van der Waals surface area contributed by atoms with E-state index in [0.717, 1.165) is 35.7 Å². The fraction of sp³-hybridized carbons (Fsp3) is 0.529. The van der Waals surface area contributed by atoms with Crippen LogP contribution in [0.3, 0.4) is 0 Å². The van der Waals surface area contributed by atoms with Gasteiger partial charge in [0.15, 0.2) is 5.82 Å². The van der Waals surface area contributed by atoms with E-state index in [1.807, 2.05) is 42.4 Å². The Morgan fingerprint density at radius 1 is 1.39 bits per heavy atom. The van der Waals surface area contributed by atoms with Crippen LogP contribution in [0, 0.1) is 26.7 Å². The van der Waals surface area contributed by atoms with Gasteiger partial charge in [0.1, 0.15) is 5.76 Å². The third-order valence-corrected chi connectivity index (χ3v) is 4.76. The van der Waals surface area contributed by atoms with Gasteiger partial charge in [0.2, 0.25) is 0 Å². The quantitative estimate of drug-likeness (QED) is 0.941. The highest BCUT2D eigenvalue weighted by Gasteiger charge is 2.33. The molecule has 0 aliphatic carbocycles. The maximum absolute atomic E-state index is 13.0. The highest BCUT2D eigenvalue weighted by atomic mass is 16.5. The number of amides is 1. The van der Waals surface area contributed by atoms with Gasteiger partial charge >= 0.3 is 0 Å². The third kappa shape index (κ3) is 2.67. The van der Waals surface area contributed by atoms with Crippen molar-refractivity contribution in [3.05, 3.63) is 34.8 Å². The van der Waals surface area contributed by atoms with Crippen LogP contribution in [-0.4, -0.2) is 39.7 Å². The summed E-state index contributed by atoms with van der Waals surface area (Å²) >= 11 is 0. The van der Waals surface area contributed by atoms with Crippen LogP contribution in [0.25, 0.3) is 5.82 Å². The molecule has 2 N–H and O–H groups in total. The zero-order valence-corrected chi connectivity index (χ0v) is 14.2. The molecule has 0 saturated carbocycles. The molecule has 3 heterocycles. The summed E-state index contributed by atoms with van der Waals surface area (Å²) in [6.07, 6.45) is 0.976. The van der Waals surface area contributed by atoms with Crippen LogP contribution in [0.4, 0.5) is 0 Å². The van der Waals surface area contributed by atoms with Crippen molar-refractivity contribution in [3.8, 4) is 5.82 Å². The molecule has 1 fully saturated rings. The Morgan fingerprint density at radius 2 is 2.13 bits per heavy atom. The lowest BCUT2D eigenvalue weighted by Gasteiger charge is -2.21. The number of carbonyl (C=O) groups is 1. The summed E-state index contributed by atoms with van der Waals surface area (Å²) in [6.45, 7) is 9.24. The van der Waals surface area contributed by atoms with E-state index in [-0.39, 0.29) is 11.9 Å². The number of aromatic nitrogens is 2. The van der Waals surface area contributed by atoms with E-state index in [1.54, 1.807) is 0 Å². The number of hydrogen-bond donors (Lipinski definition) is 1. The standard InChI is InChI=1S/C17H24N4O2/c1-10-5-14(8-18)9-20(10)17(22)15-6-11(2)21(13(15)4)16-7-12(3)23-19-16/h6-7,10,14H,5,8-9,18H2,1-4H3. The molecule has 2 unspecified atom stereocenters. The average Bonchev–Trinajstić information content (AvgIpc) is 3.17. The molecular formula is C17H24N4O2. The molecule has 1 saturated heterocycles. The van der Waals surface area contributed by atoms with Gasteiger partial charge in [0, 0.05) is 30.0 Å². The summed E-state index contributed by atoms with van der Waals surface area (Å²) in [7, 11) is 0.